The van der Waals surface area contributed by atoms with Gasteiger partial charge in [0.1, 0.15) is 4.90 Å². The first-order chi connectivity index (χ1) is 9.70. The van der Waals surface area contributed by atoms with Crippen LogP contribution < -0.4 is 4.72 Å². The first-order valence-electron chi connectivity index (χ1n) is 5.36. The highest BCUT2D eigenvalue weighted by Crippen LogP contribution is 2.36. The second-order valence-electron chi connectivity index (χ2n) is 3.97. The van der Waals surface area contributed by atoms with Crippen molar-refractivity contribution in [2.45, 2.75) is 4.90 Å². The van der Waals surface area contributed by atoms with E-state index < -0.39 is 10.0 Å². The Balaban J connectivity index is 2.42. The van der Waals surface area contributed by atoms with Crippen molar-refractivity contribution >= 4 is 70.8 Å². The molecule has 112 valence electrons. The molecule has 21 heavy (non-hydrogen) atoms. The van der Waals surface area contributed by atoms with E-state index in [-0.39, 0.29) is 26.4 Å². The molecular formula is C12H7Br2Cl2NO3S. The van der Waals surface area contributed by atoms with E-state index in [9.17, 15) is 13.5 Å². The molecule has 9 heteroatoms. The number of rotatable bonds is 3. The maximum atomic E-state index is 12.3. The maximum Gasteiger partial charge on any atom is 0.263 e. The number of nitrogens with one attached hydrogen (secondary N) is 1. The van der Waals surface area contributed by atoms with Crippen LogP contribution in [0.2, 0.25) is 10.0 Å². The lowest BCUT2D eigenvalue weighted by Crippen LogP contribution is -2.13. The molecule has 0 bridgehead atoms. The molecule has 2 N–H and O–H groups in total. The third kappa shape index (κ3) is 3.84. The molecule has 0 unspecified atom stereocenters. The SMILES string of the molecule is O=S(=O)(Nc1cc(Cl)c(O)c(Cl)c1)c1ccc(Br)cc1Br. The number of anilines is 1. The van der Waals surface area contributed by atoms with Crippen LogP contribution in [0.3, 0.4) is 0 Å². The van der Waals surface area contributed by atoms with Crippen molar-refractivity contribution in [3.8, 4) is 5.75 Å². The van der Waals surface area contributed by atoms with Gasteiger partial charge in [0.25, 0.3) is 10.0 Å². The summed E-state index contributed by atoms with van der Waals surface area (Å²) < 4.78 is 28.2. The van der Waals surface area contributed by atoms with Crippen LogP contribution in [0.5, 0.6) is 5.75 Å². The number of benzene rings is 2. The van der Waals surface area contributed by atoms with Gasteiger partial charge in [-0.3, -0.25) is 4.72 Å². The Morgan fingerprint density at radius 1 is 1.05 bits per heavy atom. The molecule has 0 fully saturated rings. The summed E-state index contributed by atoms with van der Waals surface area (Å²) in [5.41, 5.74) is 0.151. The lowest BCUT2D eigenvalue weighted by molar-refractivity contribution is 0.476. The second-order valence-corrected chi connectivity index (χ2v) is 8.20. The van der Waals surface area contributed by atoms with Crippen LogP contribution >= 0.6 is 55.1 Å². The molecule has 2 rings (SSSR count). The number of hydrogen-bond donors (Lipinski definition) is 2. The normalized spacial score (nSPS) is 11.4. The van der Waals surface area contributed by atoms with Crippen LogP contribution in [-0.4, -0.2) is 13.5 Å². The van der Waals surface area contributed by atoms with Gasteiger partial charge in [0.05, 0.1) is 15.7 Å². The Labute approximate surface area is 148 Å². The van der Waals surface area contributed by atoms with Gasteiger partial charge in [-0.05, 0) is 46.3 Å². The molecule has 0 atom stereocenters. The van der Waals surface area contributed by atoms with Crippen molar-refractivity contribution < 1.29 is 13.5 Å². The van der Waals surface area contributed by atoms with Crippen molar-refractivity contribution in [3.05, 3.63) is 49.3 Å². The summed E-state index contributed by atoms with van der Waals surface area (Å²) in [6.45, 7) is 0. The summed E-state index contributed by atoms with van der Waals surface area (Å²) in [7, 11) is -3.82. The zero-order chi connectivity index (χ0) is 15.8. The van der Waals surface area contributed by atoms with Gasteiger partial charge in [-0.25, -0.2) is 8.42 Å². The first-order valence-corrected chi connectivity index (χ1v) is 9.19. The van der Waals surface area contributed by atoms with Crippen molar-refractivity contribution in [1.82, 2.24) is 0 Å². The molecular weight excluding hydrogens is 469 g/mol. The summed E-state index contributed by atoms with van der Waals surface area (Å²) in [6, 6.07) is 7.21. The second kappa shape index (κ2) is 6.34. The van der Waals surface area contributed by atoms with E-state index in [4.69, 9.17) is 23.2 Å². The van der Waals surface area contributed by atoms with E-state index in [1.54, 1.807) is 12.1 Å². The molecule has 0 aliphatic heterocycles. The third-order valence-corrected chi connectivity index (χ3v) is 5.88. The van der Waals surface area contributed by atoms with E-state index >= 15 is 0 Å². The smallest absolute Gasteiger partial charge is 0.263 e. The first kappa shape index (κ1) is 16.9. The molecule has 0 aliphatic rings. The molecule has 0 saturated carbocycles. The Bertz CT molecular complexity index is 789. The zero-order valence-corrected chi connectivity index (χ0v) is 15.6. The predicted octanol–water partition coefficient (Wildman–Crippen LogP) is 5.02. The average molecular weight is 476 g/mol. The molecule has 0 aliphatic carbocycles. The number of phenolic OH excluding ortho intramolecular Hbond substituents is 1. The Morgan fingerprint density at radius 2 is 1.62 bits per heavy atom. The van der Waals surface area contributed by atoms with Gasteiger partial charge < -0.3 is 5.11 Å². The highest BCUT2D eigenvalue weighted by Gasteiger charge is 2.19. The number of aromatic hydroxyl groups is 1. The van der Waals surface area contributed by atoms with Crippen LogP contribution in [0.4, 0.5) is 5.69 Å². The lowest BCUT2D eigenvalue weighted by atomic mass is 10.3. The number of phenols is 1. The van der Waals surface area contributed by atoms with Crippen molar-refractivity contribution in [2.24, 2.45) is 0 Å². The minimum atomic E-state index is -3.82. The highest BCUT2D eigenvalue weighted by atomic mass is 79.9. The minimum absolute atomic E-state index is 0.0462. The summed E-state index contributed by atoms with van der Waals surface area (Å²) in [4.78, 5) is 0.0611. The van der Waals surface area contributed by atoms with Crippen LogP contribution in [0, 0.1) is 0 Å². The molecule has 0 radical (unpaired) electrons. The van der Waals surface area contributed by atoms with Gasteiger partial charge in [-0.1, -0.05) is 39.1 Å². The maximum absolute atomic E-state index is 12.3. The van der Waals surface area contributed by atoms with E-state index in [0.717, 1.165) is 4.47 Å². The Morgan fingerprint density at radius 3 is 2.14 bits per heavy atom. The predicted molar refractivity (Wildman–Crippen MR) is 90.8 cm³/mol. The van der Waals surface area contributed by atoms with Gasteiger partial charge in [0.2, 0.25) is 0 Å². The quantitative estimate of drug-likeness (QED) is 0.612. The number of hydrogen-bond acceptors (Lipinski definition) is 3. The summed E-state index contributed by atoms with van der Waals surface area (Å²) in [6.07, 6.45) is 0. The van der Waals surface area contributed by atoms with E-state index in [2.05, 4.69) is 36.6 Å². The topological polar surface area (TPSA) is 66.4 Å². The fourth-order valence-corrected chi connectivity index (χ4v) is 4.80. The molecule has 0 amide bonds. The van der Waals surface area contributed by atoms with Crippen molar-refractivity contribution in [1.29, 1.82) is 0 Å². The van der Waals surface area contributed by atoms with Gasteiger partial charge >= 0.3 is 0 Å². The van der Waals surface area contributed by atoms with Crippen LogP contribution in [0.1, 0.15) is 0 Å². The molecule has 4 nitrogen and oxygen atoms in total. The minimum Gasteiger partial charge on any atom is -0.505 e. The summed E-state index contributed by atoms with van der Waals surface area (Å²) in [5, 5.41) is 9.37. The monoisotopic (exact) mass is 473 g/mol. The summed E-state index contributed by atoms with van der Waals surface area (Å²) >= 11 is 18.0. The van der Waals surface area contributed by atoms with E-state index in [1.165, 1.54) is 18.2 Å². The fraction of sp³-hybridized carbons (Fsp3) is 0. The Kier molecular flexibility index (Phi) is 5.10. The molecule has 2 aromatic carbocycles. The standard InChI is InChI=1S/C12H7Br2Cl2NO3S/c13-6-1-2-11(8(14)3-6)21(19,20)17-7-4-9(15)12(18)10(16)5-7/h1-5,17-18H. The molecule has 0 spiro atoms. The zero-order valence-electron chi connectivity index (χ0n) is 10.1. The summed E-state index contributed by atoms with van der Waals surface area (Å²) in [5.74, 6) is -0.300. The molecule has 0 heterocycles. The average Bonchev–Trinajstić information content (AvgIpc) is 2.34. The number of halogens is 4. The van der Waals surface area contributed by atoms with Crippen LogP contribution in [0.25, 0.3) is 0 Å². The molecule has 0 saturated heterocycles. The van der Waals surface area contributed by atoms with Gasteiger partial charge in [-0.15, -0.1) is 0 Å². The third-order valence-electron chi connectivity index (χ3n) is 2.45. The van der Waals surface area contributed by atoms with Crippen molar-refractivity contribution in [3.63, 3.8) is 0 Å². The van der Waals surface area contributed by atoms with Crippen LogP contribution in [-0.2, 0) is 10.0 Å². The highest BCUT2D eigenvalue weighted by molar-refractivity contribution is 9.11. The van der Waals surface area contributed by atoms with Gasteiger partial charge in [0.15, 0.2) is 5.75 Å². The molecule has 0 aromatic heterocycles. The fourth-order valence-electron chi connectivity index (χ4n) is 1.53. The van der Waals surface area contributed by atoms with E-state index in [0.29, 0.717) is 4.47 Å². The Hall–Kier alpha value is -0.470. The molecule has 2 aromatic rings. The lowest BCUT2D eigenvalue weighted by Gasteiger charge is -2.11. The number of sulfonamides is 1. The van der Waals surface area contributed by atoms with Crippen LogP contribution in [0.15, 0.2) is 44.2 Å². The largest absolute Gasteiger partial charge is 0.505 e. The van der Waals surface area contributed by atoms with Gasteiger partial charge in [0, 0.05) is 8.95 Å². The van der Waals surface area contributed by atoms with Gasteiger partial charge in [-0.2, -0.15) is 0 Å². The van der Waals surface area contributed by atoms with Crippen molar-refractivity contribution in [2.75, 3.05) is 4.72 Å². The van der Waals surface area contributed by atoms with E-state index in [1.807, 2.05) is 0 Å².